The summed E-state index contributed by atoms with van der Waals surface area (Å²) in [6.07, 6.45) is 3.37. The number of fused-ring (bicyclic) bond motifs is 1. The summed E-state index contributed by atoms with van der Waals surface area (Å²) in [7, 11) is 0. The van der Waals surface area contributed by atoms with Gasteiger partial charge >= 0.3 is 0 Å². The molecule has 1 N–H and O–H groups in total. The van der Waals surface area contributed by atoms with Crippen molar-refractivity contribution >= 4 is 11.6 Å². The number of benzene rings is 2. The molecule has 142 valence electrons. The fourth-order valence-corrected chi connectivity index (χ4v) is 3.78. The van der Waals surface area contributed by atoms with Crippen molar-refractivity contribution < 1.29 is 9.53 Å². The Balaban J connectivity index is 2.09. The molecule has 0 aromatic heterocycles. The summed E-state index contributed by atoms with van der Waals surface area (Å²) >= 11 is 0. The highest BCUT2D eigenvalue weighted by atomic mass is 16.5. The number of carbonyl (C=O) groups is 1. The minimum absolute atomic E-state index is 0.0764. The van der Waals surface area contributed by atoms with E-state index in [0.717, 1.165) is 35.4 Å². The number of hydrogen-bond donors (Lipinski definition) is 1. The molecule has 4 nitrogen and oxygen atoms in total. The molecule has 3 rings (SSSR count). The summed E-state index contributed by atoms with van der Waals surface area (Å²) in [5.41, 5.74) is 2.08. The van der Waals surface area contributed by atoms with E-state index in [0.29, 0.717) is 6.61 Å². The van der Waals surface area contributed by atoms with Crippen molar-refractivity contribution in [2.24, 2.45) is 0 Å². The Kier molecular flexibility index (Phi) is 5.54. The minimum Gasteiger partial charge on any atom is -0.490 e. The maximum atomic E-state index is 13.4. The average Bonchev–Trinajstić information content (AvgIpc) is 2.72. The molecule has 1 amide bonds. The molecule has 0 bridgehead atoms. The van der Waals surface area contributed by atoms with Crippen LogP contribution >= 0.6 is 0 Å². The Hall–Kier alpha value is -2.75. The van der Waals surface area contributed by atoms with Gasteiger partial charge in [-0.25, -0.2) is 0 Å². The van der Waals surface area contributed by atoms with E-state index in [1.165, 1.54) is 0 Å². The molecule has 0 saturated carbocycles. The van der Waals surface area contributed by atoms with Crippen LogP contribution in [0.3, 0.4) is 0 Å². The number of anilines is 1. The van der Waals surface area contributed by atoms with Crippen molar-refractivity contribution in [3.63, 3.8) is 0 Å². The molecule has 27 heavy (non-hydrogen) atoms. The van der Waals surface area contributed by atoms with Crippen molar-refractivity contribution in [1.82, 2.24) is 4.90 Å². The van der Waals surface area contributed by atoms with Gasteiger partial charge in [0, 0.05) is 11.7 Å². The predicted octanol–water partition coefficient (Wildman–Crippen LogP) is 5.18. The second-order valence-corrected chi connectivity index (χ2v) is 6.94. The quantitative estimate of drug-likeness (QED) is 0.688. The first-order valence-electron chi connectivity index (χ1n) is 9.62. The molecule has 2 unspecified atom stereocenters. The average molecular weight is 364 g/mol. The van der Waals surface area contributed by atoms with Gasteiger partial charge in [0.25, 0.3) is 5.91 Å². The molecule has 1 heterocycles. The monoisotopic (exact) mass is 364 g/mol. The van der Waals surface area contributed by atoms with E-state index in [1.807, 2.05) is 53.4 Å². The number of para-hydroxylation sites is 1. The summed E-state index contributed by atoms with van der Waals surface area (Å²) in [6, 6.07) is 15.9. The molecule has 0 saturated heterocycles. The van der Waals surface area contributed by atoms with Gasteiger partial charge < -0.3 is 15.0 Å². The molecule has 2 aromatic carbocycles. The lowest BCUT2D eigenvalue weighted by molar-refractivity contribution is 0.0335. The first kappa shape index (κ1) is 19.0. The molecular weight excluding hydrogens is 336 g/mol. The fourth-order valence-electron chi connectivity index (χ4n) is 3.78. The molecular formula is C23H28N2O2. The van der Waals surface area contributed by atoms with Crippen LogP contribution in [0.25, 0.3) is 0 Å². The number of amides is 1. The Bertz CT molecular complexity index is 815. The van der Waals surface area contributed by atoms with E-state index in [2.05, 4.69) is 32.7 Å². The van der Waals surface area contributed by atoms with Crippen LogP contribution in [0.5, 0.6) is 5.75 Å². The summed E-state index contributed by atoms with van der Waals surface area (Å²) in [4.78, 5) is 15.4. The topological polar surface area (TPSA) is 41.6 Å². The van der Waals surface area contributed by atoms with Gasteiger partial charge in [-0.15, -0.1) is 0 Å². The maximum absolute atomic E-state index is 13.4. The van der Waals surface area contributed by atoms with Crippen LogP contribution in [0, 0.1) is 0 Å². The van der Waals surface area contributed by atoms with Gasteiger partial charge in [-0.3, -0.25) is 4.79 Å². The molecule has 4 heteroatoms. The highest BCUT2D eigenvalue weighted by molar-refractivity contribution is 6.02. The third kappa shape index (κ3) is 3.32. The highest BCUT2D eigenvalue weighted by Gasteiger charge is 2.46. The number of rotatable bonds is 7. The van der Waals surface area contributed by atoms with E-state index in [-0.39, 0.29) is 11.9 Å². The lowest BCUT2D eigenvalue weighted by Crippen LogP contribution is -2.60. The van der Waals surface area contributed by atoms with Crippen molar-refractivity contribution in [2.45, 2.75) is 45.3 Å². The number of hydrogen-bond acceptors (Lipinski definition) is 3. The molecule has 0 radical (unpaired) electrons. The van der Waals surface area contributed by atoms with Gasteiger partial charge in [-0.2, -0.15) is 0 Å². The van der Waals surface area contributed by atoms with E-state index in [9.17, 15) is 4.79 Å². The van der Waals surface area contributed by atoms with Gasteiger partial charge in [-0.1, -0.05) is 50.8 Å². The number of ether oxygens (including phenoxy) is 1. The van der Waals surface area contributed by atoms with E-state index in [4.69, 9.17) is 4.74 Å². The molecule has 2 atom stereocenters. The lowest BCUT2D eigenvalue weighted by Gasteiger charge is -2.51. The smallest absolute Gasteiger partial charge is 0.258 e. The summed E-state index contributed by atoms with van der Waals surface area (Å²) < 4.78 is 5.62. The predicted molar refractivity (Wildman–Crippen MR) is 110 cm³/mol. The Labute approximate surface area is 161 Å². The second-order valence-electron chi connectivity index (χ2n) is 6.94. The van der Waals surface area contributed by atoms with Gasteiger partial charge in [0.1, 0.15) is 18.0 Å². The third-order valence-electron chi connectivity index (χ3n) is 5.37. The Morgan fingerprint density at radius 2 is 1.89 bits per heavy atom. The molecule has 0 aliphatic carbocycles. The largest absolute Gasteiger partial charge is 0.490 e. The van der Waals surface area contributed by atoms with Crippen molar-refractivity contribution in [3.8, 4) is 5.75 Å². The standard InChI is InChI=1S/C23H28N2O2/c1-5-16-27-19-14-12-18(13-15-19)23(7-3)24-21-11-9-8-10-20(21)22(26)25(23)17(4)6-2/h5,8-15,17,24H,1,6-7,16H2,2-4H3. The molecule has 0 spiro atoms. The number of carbonyl (C=O) groups excluding carboxylic acids is 1. The molecule has 1 aliphatic heterocycles. The highest BCUT2D eigenvalue weighted by Crippen LogP contribution is 2.42. The molecule has 0 fully saturated rings. The fraction of sp³-hybridized carbons (Fsp3) is 0.348. The SMILES string of the molecule is C=CCOc1ccc(C2(CC)Nc3ccccc3C(=O)N2C(C)CC)cc1. The van der Waals surface area contributed by atoms with Crippen LogP contribution in [0.15, 0.2) is 61.2 Å². The summed E-state index contributed by atoms with van der Waals surface area (Å²) in [5, 5.41) is 3.68. The third-order valence-corrected chi connectivity index (χ3v) is 5.37. The van der Waals surface area contributed by atoms with Crippen LogP contribution < -0.4 is 10.1 Å². The molecule has 2 aromatic rings. The lowest BCUT2D eigenvalue weighted by atomic mass is 9.88. The van der Waals surface area contributed by atoms with Crippen LogP contribution in [-0.2, 0) is 5.66 Å². The zero-order chi connectivity index (χ0) is 19.4. The normalized spacial score (nSPS) is 19.8. The van der Waals surface area contributed by atoms with Crippen LogP contribution in [0.1, 0.15) is 49.5 Å². The van der Waals surface area contributed by atoms with E-state index in [1.54, 1.807) is 6.08 Å². The van der Waals surface area contributed by atoms with Crippen molar-refractivity contribution in [3.05, 3.63) is 72.3 Å². The van der Waals surface area contributed by atoms with Gasteiger partial charge in [0.2, 0.25) is 0 Å². The number of nitrogens with one attached hydrogen (secondary N) is 1. The van der Waals surface area contributed by atoms with Crippen molar-refractivity contribution in [1.29, 1.82) is 0 Å². The first-order valence-corrected chi connectivity index (χ1v) is 9.62. The van der Waals surface area contributed by atoms with Crippen LogP contribution in [0.4, 0.5) is 5.69 Å². The number of nitrogens with zero attached hydrogens (tertiary/aromatic N) is 1. The van der Waals surface area contributed by atoms with Crippen molar-refractivity contribution in [2.75, 3.05) is 11.9 Å². The van der Waals surface area contributed by atoms with Crippen LogP contribution in [-0.4, -0.2) is 23.5 Å². The van der Waals surface area contributed by atoms with E-state index >= 15 is 0 Å². The minimum atomic E-state index is -0.585. The first-order chi connectivity index (χ1) is 13.1. The van der Waals surface area contributed by atoms with Gasteiger partial charge in [0.15, 0.2) is 0 Å². The van der Waals surface area contributed by atoms with Gasteiger partial charge in [-0.05, 0) is 49.6 Å². The zero-order valence-corrected chi connectivity index (χ0v) is 16.4. The zero-order valence-electron chi connectivity index (χ0n) is 16.4. The summed E-state index contributed by atoms with van der Waals surface area (Å²) in [6.45, 7) is 10.5. The molecule has 1 aliphatic rings. The second kappa shape index (κ2) is 7.87. The maximum Gasteiger partial charge on any atom is 0.258 e. The van der Waals surface area contributed by atoms with Crippen LogP contribution in [0.2, 0.25) is 0 Å². The van der Waals surface area contributed by atoms with E-state index < -0.39 is 5.66 Å². The summed E-state index contributed by atoms with van der Waals surface area (Å²) in [5.74, 6) is 0.870. The van der Waals surface area contributed by atoms with Gasteiger partial charge in [0.05, 0.1) is 5.56 Å². The Morgan fingerprint density at radius 1 is 1.19 bits per heavy atom. The Morgan fingerprint density at radius 3 is 2.52 bits per heavy atom.